The summed E-state index contributed by atoms with van der Waals surface area (Å²) in [5.74, 6) is 0.164. The Morgan fingerprint density at radius 2 is 1.53 bits per heavy atom. The molecule has 0 aromatic heterocycles. The van der Waals surface area contributed by atoms with Gasteiger partial charge in [0, 0.05) is 0 Å². The van der Waals surface area contributed by atoms with Crippen molar-refractivity contribution in [2.45, 2.75) is 18.6 Å². The van der Waals surface area contributed by atoms with Crippen LogP contribution in [0.3, 0.4) is 0 Å². The lowest BCUT2D eigenvalue weighted by Gasteiger charge is -2.23. The van der Waals surface area contributed by atoms with Crippen molar-refractivity contribution in [1.29, 1.82) is 0 Å². The number of nitrogens with two attached hydrogens (primary N) is 1. The first-order valence-electron chi connectivity index (χ1n) is 5.93. The molecule has 0 fully saturated rings. The molecule has 1 atom stereocenters. The van der Waals surface area contributed by atoms with Gasteiger partial charge in [0.25, 0.3) is 0 Å². The van der Waals surface area contributed by atoms with E-state index in [1.165, 1.54) is 12.1 Å². The molecule has 0 bridgehead atoms. The maximum atomic E-state index is 10.2. The van der Waals surface area contributed by atoms with E-state index in [1.807, 2.05) is 30.3 Å². The minimum absolute atomic E-state index is 0. The van der Waals surface area contributed by atoms with Crippen LogP contribution in [0, 0.1) is 0 Å². The van der Waals surface area contributed by atoms with E-state index in [4.69, 9.17) is 5.73 Å². The summed E-state index contributed by atoms with van der Waals surface area (Å²) in [6.45, 7) is 0. The fourth-order valence-corrected chi connectivity index (χ4v) is 1.87. The number of phenols is 1. The van der Waals surface area contributed by atoms with Gasteiger partial charge in [0.15, 0.2) is 0 Å². The summed E-state index contributed by atoms with van der Waals surface area (Å²) >= 11 is 0. The number of aryl methyl sites for hydroxylation is 1. The molecule has 3 nitrogen and oxygen atoms in total. The van der Waals surface area contributed by atoms with Gasteiger partial charge in [-0.15, -0.1) is 12.4 Å². The summed E-state index contributed by atoms with van der Waals surface area (Å²) in [6.07, 6.45) is 1.14. The Labute approximate surface area is 119 Å². The lowest BCUT2D eigenvalue weighted by molar-refractivity contribution is 0.0345. The summed E-state index contributed by atoms with van der Waals surface area (Å²) in [5.41, 5.74) is 6.29. The highest BCUT2D eigenvalue weighted by Gasteiger charge is 2.23. The van der Waals surface area contributed by atoms with Crippen molar-refractivity contribution in [2.24, 2.45) is 5.73 Å². The minimum Gasteiger partial charge on any atom is -0.508 e. The van der Waals surface area contributed by atoms with Gasteiger partial charge in [0.1, 0.15) is 11.5 Å². The van der Waals surface area contributed by atoms with Crippen LogP contribution in [-0.4, -0.2) is 10.2 Å². The third kappa shape index (κ3) is 4.24. The smallest absolute Gasteiger partial charge is 0.139 e. The lowest BCUT2D eigenvalue weighted by Crippen LogP contribution is -2.36. The number of aliphatic hydroxyl groups is 1. The molecule has 0 aliphatic carbocycles. The monoisotopic (exact) mass is 279 g/mol. The largest absolute Gasteiger partial charge is 0.508 e. The molecule has 4 N–H and O–H groups in total. The maximum Gasteiger partial charge on any atom is 0.139 e. The zero-order chi connectivity index (χ0) is 13.0. The Kier molecular flexibility index (Phi) is 5.36. The van der Waals surface area contributed by atoms with Gasteiger partial charge in [-0.2, -0.15) is 0 Å². The molecule has 0 saturated heterocycles. The quantitative estimate of drug-likeness (QED) is 0.754. The molecule has 2 rings (SSSR count). The standard InChI is InChI=1S/C15H17NO2.ClH/c16-15(18,13-6-8-14(17)9-7-13)11-10-12-4-2-1-3-5-12;/h1-9,17-18H,10-11,16H2;1H. The molecular formula is C15H18ClNO2. The van der Waals surface area contributed by atoms with Crippen molar-refractivity contribution >= 4 is 12.4 Å². The summed E-state index contributed by atoms with van der Waals surface area (Å²) in [5, 5.41) is 19.4. The second kappa shape index (κ2) is 6.57. The third-order valence-corrected chi connectivity index (χ3v) is 3.00. The van der Waals surface area contributed by atoms with Crippen molar-refractivity contribution in [1.82, 2.24) is 0 Å². The highest BCUT2D eigenvalue weighted by molar-refractivity contribution is 5.85. The van der Waals surface area contributed by atoms with E-state index in [-0.39, 0.29) is 18.2 Å². The van der Waals surface area contributed by atoms with Crippen LogP contribution < -0.4 is 5.73 Å². The van der Waals surface area contributed by atoms with Crippen molar-refractivity contribution in [3.05, 3.63) is 65.7 Å². The fraction of sp³-hybridized carbons (Fsp3) is 0.200. The number of rotatable bonds is 4. The van der Waals surface area contributed by atoms with Crippen molar-refractivity contribution in [3.63, 3.8) is 0 Å². The minimum atomic E-state index is -1.37. The van der Waals surface area contributed by atoms with E-state index in [1.54, 1.807) is 12.1 Å². The first-order chi connectivity index (χ1) is 8.58. The Morgan fingerprint density at radius 1 is 0.947 bits per heavy atom. The van der Waals surface area contributed by atoms with Gasteiger partial charge < -0.3 is 10.2 Å². The van der Waals surface area contributed by atoms with Crippen LogP contribution in [0.25, 0.3) is 0 Å². The van der Waals surface area contributed by atoms with Crippen LogP contribution >= 0.6 is 12.4 Å². The predicted molar refractivity (Wildman–Crippen MR) is 78.2 cm³/mol. The number of halogens is 1. The molecule has 0 aliphatic heterocycles. The van der Waals surface area contributed by atoms with Crippen LogP contribution in [0.5, 0.6) is 5.75 Å². The lowest BCUT2D eigenvalue weighted by atomic mass is 9.96. The van der Waals surface area contributed by atoms with E-state index < -0.39 is 5.72 Å². The molecule has 2 aromatic rings. The number of aromatic hydroxyl groups is 1. The zero-order valence-electron chi connectivity index (χ0n) is 10.5. The Hall–Kier alpha value is -1.55. The van der Waals surface area contributed by atoms with Gasteiger partial charge in [-0.25, -0.2) is 0 Å². The molecule has 0 aliphatic rings. The number of phenolic OH excluding ortho intramolecular Hbond substituents is 1. The fourth-order valence-electron chi connectivity index (χ4n) is 1.87. The molecule has 0 radical (unpaired) electrons. The van der Waals surface area contributed by atoms with Crippen molar-refractivity contribution in [3.8, 4) is 5.75 Å². The molecule has 0 spiro atoms. The maximum absolute atomic E-state index is 10.2. The van der Waals surface area contributed by atoms with Crippen LogP contribution in [0.1, 0.15) is 17.5 Å². The van der Waals surface area contributed by atoms with E-state index in [0.717, 1.165) is 5.56 Å². The molecular weight excluding hydrogens is 262 g/mol. The molecule has 0 saturated carbocycles. The Bertz CT molecular complexity index is 497. The number of benzene rings is 2. The number of hydrogen-bond acceptors (Lipinski definition) is 3. The van der Waals surface area contributed by atoms with Crippen LogP contribution in [0.4, 0.5) is 0 Å². The molecule has 19 heavy (non-hydrogen) atoms. The van der Waals surface area contributed by atoms with Gasteiger partial charge in [0.05, 0.1) is 0 Å². The highest BCUT2D eigenvalue weighted by atomic mass is 35.5. The van der Waals surface area contributed by atoms with E-state index in [2.05, 4.69) is 0 Å². The Morgan fingerprint density at radius 3 is 2.11 bits per heavy atom. The van der Waals surface area contributed by atoms with E-state index in [9.17, 15) is 10.2 Å². The highest BCUT2D eigenvalue weighted by Crippen LogP contribution is 2.23. The first-order valence-corrected chi connectivity index (χ1v) is 5.93. The normalized spacial score (nSPS) is 13.4. The molecule has 4 heteroatoms. The molecule has 0 amide bonds. The first kappa shape index (κ1) is 15.5. The second-order valence-electron chi connectivity index (χ2n) is 4.46. The van der Waals surface area contributed by atoms with Gasteiger partial charge in [0.2, 0.25) is 0 Å². The Balaban J connectivity index is 0.00000180. The van der Waals surface area contributed by atoms with Crippen LogP contribution in [-0.2, 0) is 12.1 Å². The predicted octanol–water partition coefficient (Wildman–Crippen LogP) is 2.55. The molecule has 1 unspecified atom stereocenters. The van der Waals surface area contributed by atoms with Gasteiger partial charge in [-0.05, 0) is 36.1 Å². The number of hydrogen-bond donors (Lipinski definition) is 3. The molecule has 2 aromatic carbocycles. The SMILES string of the molecule is Cl.NC(O)(CCc1ccccc1)c1ccc(O)cc1. The average Bonchev–Trinajstić information content (AvgIpc) is 2.38. The topological polar surface area (TPSA) is 66.5 Å². The molecule has 102 valence electrons. The summed E-state index contributed by atoms with van der Waals surface area (Å²) in [4.78, 5) is 0. The zero-order valence-corrected chi connectivity index (χ0v) is 11.3. The van der Waals surface area contributed by atoms with Crippen molar-refractivity contribution < 1.29 is 10.2 Å². The van der Waals surface area contributed by atoms with Gasteiger partial charge in [-0.1, -0.05) is 42.5 Å². The van der Waals surface area contributed by atoms with Gasteiger partial charge in [-0.3, -0.25) is 5.73 Å². The van der Waals surface area contributed by atoms with Gasteiger partial charge >= 0.3 is 0 Å². The second-order valence-corrected chi connectivity index (χ2v) is 4.46. The van der Waals surface area contributed by atoms with E-state index in [0.29, 0.717) is 18.4 Å². The summed E-state index contributed by atoms with van der Waals surface area (Å²) < 4.78 is 0. The summed E-state index contributed by atoms with van der Waals surface area (Å²) in [6, 6.07) is 16.2. The van der Waals surface area contributed by atoms with Crippen LogP contribution in [0.2, 0.25) is 0 Å². The van der Waals surface area contributed by atoms with Crippen LogP contribution in [0.15, 0.2) is 54.6 Å². The summed E-state index contributed by atoms with van der Waals surface area (Å²) in [7, 11) is 0. The van der Waals surface area contributed by atoms with E-state index >= 15 is 0 Å². The third-order valence-electron chi connectivity index (χ3n) is 3.00. The molecule has 0 heterocycles. The van der Waals surface area contributed by atoms with Crippen molar-refractivity contribution in [2.75, 3.05) is 0 Å². The average molecular weight is 280 g/mol.